The van der Waals surface area contributed by atoms with E-state index in [4.69, 9.17) is 9.47 Å². The molecule has 0 saturated carbocycles. The standard InChI is InChI=1S/C13H14N4O4S/c1-3-21-12(18)10-11(22-17-16-10)15-13(19)14-8-6-4-5-7-9(8)20-2/h4-7H,3H2,1-2H3,(H2,14,15,19). The maximum Gasteiger partial charge on any atom is 0.362 e. The minimum Gasteiger partial charge on any atom is -0.495 e. The quantitative estimate of drug-likeness (QED) is 0.819. The molecule has 2 N–H and O–H groups in total. The fraction of sp³-hybridized carbons (Fsp3) is 0.231. The number of ether oxygens (including phenoxy) is 2. The molecule has 2 rings (SSSR count). The molecule has 22 heavy (non-hydrogen) atoms. The molecule has 0 aliphatic rings. The number of urea groups is 1. The number of benzene rings is 1. The number of carbonyl (C=O) groups excluding carboxylic acids is 2. The van der Waals surface area contributed by atoms with Gasteiger partial charge in [-0.05, 0) is 19.1 Å². The molecular formula is C13H14N4O4S. The van der Waals surface area contributed by atoms with E-state index < -0.39 is 12.0 Å². The number of esters is 1. The van der Waals surface area contributed by atoms with Gasteiger partial charge in [0.1, 0.15) is 5.75 Å². The van der Waals surface area contributed by atoms with Crippen LogP contribution in [0.2, 0.25) is 0 Å². The van der Waals surface area contributed by atoms with Crippen molar-refractivity contribution in [1.29, 1.82) is 0 Å². The highest BCUT2D eigenvalue weighted by Crippen LogP contribution is 2.24. The number of carbonyl (C=O) groups is 2. The molecule has 0 bridgehead atoms. The van der Waals surface area contributed by atoms with E-state index >= 15 is 0 Å². The first-order valence-electron chi connectivity index (χ1n) is 6.36. The zero-order chi connectivity index (χ0) is 15.9. The molecular weight excluding hydrogens is 308 g/mol. The summed E-state index contributed by atoms with van der Waals surface area (Å²) in [5.74, 6) is -0.116. The molecule has 0 atom stereocenters. The van der Waals surface area contributed by atoms with Gasteiger partial charge in [0.05, 0.1) is 19.4 Å². The normalized spacial score (nSPS) is 9.91. The second-order valence-corrected chi connectivity index (χ2v) is 4.70. The lowest BCUT2D eigenvalue weighted by Crippen LogP contribution is -2.21. The van der Waals surface area contributed by atoms with E-state index in [-0.39, 0.29) is 17.3 Å². The smallest absolute Gasteiger partial charge is 0.362 e. The molecule has 1 heterocycles. The van der Waals surface area contributed by atoms with Gasteiger partial charge >= 0.3 is 12.0 Å². The van der Waals surface area contributed by atoms with E-state index in [2.05, 4.69) is 20.2 Å². The number of nitrogens with zero attached hydrogens (tertiary/aromatic N) is 2. The predicted octanol–water partition coefficient (Wildman–Crippen LogP) is 2.37. The number of para-hydroxylation sites is 2. The van der Waals surface area contributed by atoms with Crippen molar-refractivity contribution in [1.82, 2.24) is 9.59 Å². The van der Waals surface area contributed by atoms with Gasteiger partial charge in [-0.15, -0.1) is 5.10 Å². The number of nitrogens with one attached hydrogen (secondary N) is 2. The topological polar surface area (TPSA) is 102 Å². The van der Waals surface area contributed by atoms with Crippen LogP contribution in [0.3, 0.4) is 0 Å². The highest BCUT2D eigenvalue weighted by molar-refractivity contribution is 7.10. The van der Waals surface area contributed by atoms with E-state index in [1.54, 1.807) is 31.2 Å². The Morgan fingerprint density at radius 1 is 1.27 bits per heavy atom. The van der Waals surface area contributed by atoms with Crippen molar-refractivity contribution >= 4 is 34.2 Å². The van der Waals surface area contributed by atoms with Gasteiger partial charge in [0.2, 0.25) is 5.69 Å². The second kappa shape index (κ2) is 7.36. The van der Waals surface area contributed by atoms with E-state index in [1.807, 2.05) is 0 Å². The lowest BCUT2D eigenvalue weighted by molar-refractivity contribution is 0.0520. The summed E-state index contributed by atoms with van der Waals surface area (Å²) >= 11 is 0.887. The first-order valence-corrected chi connectivity index (χ1v) is 7.13. The monoisotopic (exact) mass is 322 g/mol. The van der Waals surface area contributed by atoms with Crippen molar-refractivity contribution < 1.29 is 19.1 Å². The molecule has 8 nitrogen and oxygen atoms in total. The SMILES string of the molecule is CCOC(=O)c1nnsc1NC(=O)Nc1ccccc1OC. The van der Waals surface area contributed by atoms with Crippen LogP contribution >= 0.6 is 11.5 Å². The summed E-state index contributed by atoms with van der Waals surface area (Å²) in [7, 11) is 1.50. The van der Waals surface area contributed by atoms with Crippen LogP contribution in [0, 0.1) is 0 Å². The predicted molar refractivity (Wildman–Crippen MR) is 81.5 cm³/mol. The average molecular weight is 322 g/mol. The molecule has 0 aliphatic heterocycles. The van der Waals surface area contributed by atoms with Crippen molar-refractivity contribution in [3.63, 3.8) is 0 Å². The Bertz CT molecular complexity index is 674. The Morgan fingerprint density at radius 2 is 2.05 bits per heavy atom. The number of aromatic nitrogens is 2. The molecule has 0 aliphatic carbocycles. The number of methoxy groups -OCH3 is 1. The first kappa shape index (κ1) is 15.7. The zero-order valence-electron chi connectivity index (χ0n) is 12.0. The third-order valence-electron chi connectivity index (χ3n) is 2.54. The van der Waals surface area contributed by atoms with E-state index in [1.165, 1.54) is 7.11 Å². The van der Waals surface area contributed by atoms with Gasteiger partial charge in [0, 0.05) is 11.5 Å². The van der Waals surface area contributed by atoms with Crippen LogP contribution in [-0.2, 0) is 4.74 Å². The van der Waals surface area contributed by atoms with E-state index in [0.717, 1.165) is 11.5 Å². The number of hydrogen-bond donors (Lipinski definition) is 2. The largest absolute Gasteiger partial charge is 0.495 e. The van der Waals surface area contributed by atoms with Crippen LogP contribution < -0.4 is 15.4 Å². The van der Waals surface area contributed by atoms with Crippen molar-refractivity contribution in [3.05, 3.63) is 30.0 Å². The number of rotatable bonds is 5. The van der Waals surface area contributed by atoms with E-state index in [0.29, 0.717) is 11.4 Å². The summed E-state index contributed by atoms with van der Waals surface area (Å²) in [6.07, 6.45) is 0. The average Bonchev–Trinajstić information content (AvgIpc) is 2.96. The molecule has 1 aromatic carbocycles. The molecule has 2 aromatic rings. The van der Waals surface area contributed by atoms with Crippen LogP contribution in [-0.4, -0.2) is 35.3 Å². The molecule has 0 fully saturated rings. The van der Waals surface area contributed by atoms with Gasteiger partial charge in [-0.1, -0.05) is 16.6 Å². The highest BCUT2D eigenvalue weighted by Gasteiger charge is 2.19. The fourth-order valence-electron chi connectivity index (χ4n) is 1.61. The Balaban J connectivity index is 2.07. The van der Waals surface area contributed by atoms with Gasteiger partial charge in [0.25, 0.3) is 0 Å². The van der Waals surface area contributed by atoms with Crippen LogP contribution in [0.25, 0.3) is 0 Å². The Hall–Kier alpha value is -2.68. The highest BCUT2D eigenvalue weighted by atomic mass is 32.1. The minimum absolute atomic E-state index is 0.0259. The third-order valence-corrected chi connectivity index (χ3v) is 3.18. The fourth-order valence-corrected chi connectivity index (χ4v) is 2.16. The van der Waals surface area contributed by atoms with Crippen molar-refractivity contribution in [2.24, 2.45) is 0 Å². The lowest BCUT2D eigenvalue weighted by Gasteiger charge is -2.10. The van der Waals surface area contributed by atoms with Crippen LogP contribution in [0.1, 0.15) is 17.4 Å². The molecule has 0 unspecified atom stereocenters. The summed E-state index contributed by atoms with van der Waals surface area (Å²) in [5.41, 5.74) is 0.472. The molecule has 0 radical (unpaired) electrons. The molecule has 9 heteroatoms. The molecule has 2 amide bonds. The van der Waals surface area contributed by atoms with Gasteiger partial charge in [-0.2, -0.15) is 0 Å². The minimum atomic E-state index is -0.635. The van der Waals surface area contributed by atoms with Gasteiger partial charge in [0.15, 0.2) is 5.00 Å². The van der Waals surface area contributed by atoms with Gasteiger partial charge in [-0.25, -0.2) is 9.59 Å². The van der Waals surface area contributed by atoms with Gasteiger partial charge in [-0.3, -0.25) is 5.32 Å². The first-order chi connectivity index (χ1) is 10.7. The third kappa shape index (κ3) is 3.70. The summed E-state index contributed by atoms with van der Waals surface area (Å²) in [5, 5.41) is 9.01. The van der Waals surface area contributed by atoms with Crippen LogP contribution in [0.5, 0.6) is 5.75 Å². The van der Waals surface area contributed by atoms with Crippen molar-refractivity contribution in [2.75, 3.05) is 24.4 Å². The summed E-state index contributed by atoms with van der Waals surface area (Å²) in [6.45, 7) is 1.89. The summed E-state index contributed by atoms with van der Waals surface area (Å²) in [6, 6.07) is 6.41. The number of anilines is 2. The summed E-state index contributed by atoms with van der Waals surface area (Å²) < 4.78 is 13.6. The Labute approximate surface area is 130 Å². The number of hydrogen-bond acceptors (Lipinski definition) is 7. The maximum absolute atomic E-state index is 12.0. The molecule has 0 saturated heterocycles. The van der Waals surface area contributed by atoms with Gasteiger partial charge < -0.3 is 14.8 Å². The zero-order valence-corrected chi connectivity index (χ0v) is 12.8. The van der Waals surface area contributed by atoms with Crippen molar-refractivity contribution in [2.45, 2.75) is 6.92 Å². The molecule has 1 aromatic heterocycles. The Morgan fingerprint density at radius 3 is 2.77 bits per heavy atom. The van der Waals surface area contributed by atoms with Crippen LogP contribution in [0.4, 0.5) is 15.5 Å². The molecule has 116 valence electrons. The summed E-state index contributed by atoms with van der Waals surface area (Å²) in [4.78, 5) is 23.7. The van der Waals surface area contributed by atoms with E-state index in [9.17, 15) is 9.59 Å². The maximum atomic E-state index is 12.0. The van der Waals surface area contributed by atoms with Crippen molar-refractivity contribution in [3.8, 4) is 5.75 Å². The Kier molecular flexibility index (Phi) is 5.26. The van der Waals surface area contributed by atoms with Crippen LogP contribution in [0.15, 0.2) is 24.3 Å². The lowest BCUT2D eigenvalue weighted by atomic mass is 10.3. The number of amides is 2. The molecule has 0 spiro atoms. The second-order valence-electron chi connectivity index (χ2n) is 3.95.